The Kier molecular flexibility index (Phi) is 1.60. The van der Waals surface area contributed by atoms with Gasteiger partial charge in [-0.25, -0.2) is 0 Å². The summed E-state index contributed by atoms with van der Waals surface area (Å²) in [6.45, 7) is 0. The summed E-state index contributed by atoms with van der Waals surface area (Å²) in [5.74, 6) is 0. The van der Waals surface area contributed by atoms with E-state index in [1.165, 1.54) is 0 Å². The van der Waals surface area contributed by atoms with E-state index in [1.54, 1.807) is 12.1 Å². The van der Waals surface area contributed by atoms with Gasteiger partial charge in [-0.2, -0.15) is 5.26 Å². The number of para-hydroxylation sites is 1. The van der Waals surface area contributed by atoms with Crippen molar-refractivity contribution in [1.82, 2.24) is 0 Å². The molecule has 2 aromatic rings. The summed E-state index contributed by atoms with van der Waals surface area (Å²) in [7, 11) is 0. The van der Waals surface area contributed by atoms with Crippen LogP contribution in [0.15, 0.2) is 34.7 Å². The SMILES string of the molecule is N#Cc1cc2ccccc2oc1=N. The number of nitrogens with zero attached hydrogens (tertiary/aromatic N) is 1. The van der Waals surface area contributed by atoms with Crippen LogP contribution >= 0.6 is 0 Å². The molecule has 1 aromatic heterocycles. The molecule has 0 amide bonds. The minimum Gasteiger partial charge on any atom is -0.438 e. The molecule has 1 heterocycles. The van der Waals surface area contributed by atoms with Gasteiger partial charge in [-0.1, -0.05) is 18.2 Å². The van der Waals surface area contributed by atoms with Crippen molar-refractivity contribution >= 4 is 11.0 Å². The molecule has 3 nitrogen and oxygen atoms in total. The molecule has 0 radical (unpaired) electrons. The second kappa shape index (κ2) is 2.76. The number of nitriles is 1. The quantitative estimate of drug-likeness (QED) is 0.655. The Hall–Kier alpha value is -2.08. The molecule has 2 rings (SSSR count). The van der Waals surface area contributed by atoms with Crippen molar-refractivity contribution in [3.05, 3.63) is 41.4 Å². The van der Waals surface area contributed by atoms with Gasteiger partial charge < -0.3 is 4.42 Å². The molecule has 0 saturated carbocycles. The predicted molar refractivity (Wildman–Crippen MR) is 46.8 cm³/mol. The van der Waals surface area contributed by atoms with Gasteiger partial charge in [0.15, 0.2) is 0 Å². The fourth-order valence-electron chi connectivity index (χ4n) is 1.16. The highest BCUT2D eigenvalue weighted by molar-refractivity contribution is 5.77. The summed E-state index contributed by atoms with van der Waals surface area (Å²) in [5.41, 5.74) is 0.811. The fraction of sp³-hybridized carbons (Fsp3) is 0. The van der Waals surface area contributed by atoms with Crippen LogP contribution in [-0.4, -0.2) is 0 Å². The molecule has 0 fully saturated rings. The number of rotatable bonds is 0. The molecule has 1 N–H and O–H groups in total. The van der Waals surface area contributed by atoms with Crippen molar-refractivity contribution in [3.63, 3.8) is 0 Å². The van der Waals surface area contributed by atoms with Gasteiger partial charge in [-0.15, -0.1) is 0 Å². The van der Waals surface area contributed by atoms with Crippen molar-refractivity contribution in [2.24, 2.45) is 0 Å². The van der Waals surface area contributed by atoms with Gasteiger partial charge in [0.1, 0.15) is 17.2 Å². The zero-order valence-electron chi connectivity index (χ0n) is 6.74. The maximum Gasteiger partial charge on any atom is 0.229 e. The van der Waals surface area contributed by atoms with E-state index in [0.717, 1.165) is 5.39 Å². The summed E-state index contributed by atoms with van der Waals surface area (Å²) in [6.07, 6.45) is 0. The Morgan fingerprint density at radius 2 is 2.08 bits per heavy atom. The lowest BCUT2D eigenvalue weighted by molar-refractivity contribution is 0.530. The van der Waals surface area contributed by atoms with E-state index in [2.05, 4.69) is 0 Å². The molecule has 0 aliphatic carbocycles. The first-order valence-electron chi connectivity index (χ1n) is 3.79. The number of fused-ring (bicyclic) bond motifs is 1. The Morgan fingerprint density at radius 1 is 1.31 bits per heavy atom. The molecule has 0 unspecified atom stereocenters. The maximum atomic E-state index is 8.65. The van der Waals surface area contributed by atoms with Crippen LogP contribution in [-0.2, 0) is 0 Å². The van der Waals surface area contributed by atoms with Crippen molar-refractivity contribution in [1.29, 1.82) is 10.7 Å². The lowest BCUT2D eigenvalue weighted by Gasteiger charge is -1.95. The third-order valence-electron chi connectivity index (χ3n) is 1.80. The number of hydrogen-bond acceptors (Lipinski definition) is 3. The summed E-state index contributed by atoms with van der Waals surface area (Å²) in [6, 6.07) is 10.9. The third-order valence-corrected chi connectivity index (χ3v) is 1.80. The molecule has 0 spiro atoms. The summed E-state index contributed by atoms with van der Waals surface area (Å²) >= 11 is 0. The summed E-state index contributed by atoms with van der Waals surface area (Å²) in [4.78, 5) is 0. The molecule has 62 valence electrons. The van der Waals surface area contributed by atoms with E-state index in [1.807, 2.05) is 24.3 Å². The highest BCUT2D eigenvalue weighted by atomic mass is 16.3. The maximum absolute atomic E-state index is 8.65. The lowest BCUT2D eigenvalue weighted by atomic mass is 10.2. The minimum absolute atomic E-state index is 0.0822. The standard InChI is InChI=1S/C10H6N2O/c11-6-8-5-7-3-1-2-4-9(7)13-10(8)12/h1-5,12H. The average Bonchev–Trinajstić information content (AvgIpc) is 2.17. The lowest BCUT2D eigenvalue weighted by Crippen LogP contribution is -2.02. The van der Waals surface area contributed by atoms with E-state index in [0.29, 0.717) is 5.58 Å². The van der Waals surface area contributed by atoms with E-state index in [-0.39, 0.29) is 11.1 Å². The molecule has 1 aromatic carbocycles. The topological polar surface area (TPSA) is 60.8 Å². The second-order valence-electron chi connectivity index (χ2n) is 2.64. The van der Waals surface area contributed by atoms with Crippen molar-refractivity contribution in [2.75, 3.05) is 0 Å². The zero-order valence-corrected chi connectivity index (χ0v) is 6.74. The Bertz CT molecular complexity index is 549. The molecular weight excluding hydrogens is 164 g/mol. The van der Waals surface area contributed by atoms with Gasteiger partial charge in [0.2, 0.25) is 5.55 Å². The van der Waals surface area contributed by atoms with Crippen molar-refractivity contribution < 1.29 is 4.42 Å². The van der Waals surface area contributed by atoms with Gasteiger partial charge in [0.25, 0.3) is 0 Å². The van der Waals surface area contributed by atoms with E-state index in [9.17, 15) is 0 Å². The molecule has 0 aliphatic rings. The Morgan fingerprint density at radius 3 is 2.85 bits per heavy atom. The third kappa shape index (κ3) is 1.18. The Labute approximate surface area is 74.4 Å². The van der Waals surface area contributed by atoms with E-state index >= 15 is 0 Å². The molecule has 0 aliphatic heterocycles. The number of hydrogen-bond donors (Lipinski definition) is 1. The summed E-state index contributed by atoms with van der Waals surface area (Å²) < 4.78 is 5.13. The van der Waals surface area contributed by atoms with Crippen molar-refractivity contribution in [2.45, 2.75) is 0 Å². The van der Waals surface area contributed by atoms with Crippen LogP contribution in [0.4, 0.5) is 0 Å². The predicted octanol–water partition coefficient (Wildman–Crippen LogP) is 1.78. The van der Waals surface area contributed by atoms with E-state index in [4.69, 9.17) is 15.1 Å². The molecule has 0 bridgehead atoms. The minimum atomic E-state index is -0.0822. The first-order valence-corrected chi connectivity index (χ1v) is 3.79. The van der Waals surface area contributed by atoms with Crippen molar-refractivity contribution in [3.8, 4) is 6.07 Å². The van der Waals surface area contributed by atoms with Gasteiger partial charge >= 0.3 is 0 Å². The molecule has 0 atom stereocenters. The van der Waals surface area contributed by atoms with Gasteiger partial charge in [0, 0.05) is 5.39 Å². The fourth-order valence-corrected chi connectivity index (χ4v) is 1.16. The first-order chi connectivity index (χ1) is 6.31. The van der Waals surface area contributed by atoms with Crippen LogP contribution in [0, 0.1) is 16.7 Å². The molecule has 0 saturated heterocycles. The van der Waals surface area contributed by atoms with E-state index < -0.39 is 0 Å². The van der Waals surface area contributed by atoms with Gasteiger partial charge in [-0.05, 0) is 12.1 Å². The molecular formula is C10H6N2O. The second-order valence-corrected chi connectivity index (χ2v) is 2.64. The van der Waals surface area contributed by atoms with Crippen LogP contribution in [0.5, 0.6) is 0 Å². The summed E-state index contributed by atoms with van der Waals surface area (Å²) in [5, 5.41) is 16.9. The molecule has 3 heteroatoms. The highest BCUT2D eigenvalue weighted by Crippen LogP contribution is 2.11. The monoisotopic (exact) mass is 170 g/mol. The van der Waals surface area contributed by atoms with Crippen LogP contribution in [0.2, 0.25) is 0 Å². The van der Waals surface area contributed by atoms with Crippen LogP contribution in [0.25, 0.3) is 11.0 Å². The molecule has 13 heavy (non-hydrogen) atoms. The number of nitrogens with one attached hydrogen (secondary N) is 1. The van der Waals surface area contributed by atoms with Crippen LogP contribution in [0.3, 0.4) is 0 Å². The smallest absolute Gasteiger partial charge is 0.229 e. The largest absolute Gasteiger partial charge is 0.438 e. The van der Waals surface area contributed by atoms with Crippen LogP contribution in [0.1, 0.15) is 5.56 Å². The highest BCUT2D eigenvalue weighted by Gasteiger charge is 1.99. The average molecular weight is 170 g/mol. The van der Waals surface area contributed by atoms with Gasteiger partial charge in [0.05, 0.1) is 0 Å². The number of benzene rings is 1. The zero-order chi connectivity index (χ0) is 9.26. The van der Waals surface area contributed by atoms with Crippen LogP contribution < -0.4 is 5.55 Å². The normalized spacial score (nSPS) is 9.77. The van der Waals surface area contributed by atoms with Gasteiger partial charge in [-0.3, -0.25) is 5.41 Å². The first kappa shape index (κ1) is 7.56. The Balaban J connectivity index is 2.91.